The minimum atomic E-state index is -4.80. The molecular weight excluding hydrogens is 698 g/mol. The Hall–Kier alpha value is -3.96. The van der Waals surface area contributed by atoms with Gasteiger partial charge in [0.25, 0.3) is 5.91 Å². The van der Waals surface area contributed by atoms with Crippen LogP contribution in [0.4, 0.5) is 23.7 Å². The van der Waals surface area contributed by atoms with Gasteiger partial charge >= 0.3 is 18.2 Å². The lowest BCUT2D eigenvalue weighted by molar-refractivity contribution is -0.141. The van der Waals surface area contributed by atoms with Crippen LogP contribution in [0.15, 0.2) is 24.5 Å². The quantitative estimate of drug-likeness (QED) is 0.280. The number of nitrogens with two attached hydrogens (primary N) is 1. The summed E-state index contributed by atoms with van der Waals surface area (Å²) in [5, 5.41) is 7.06. The average molecular weight is 727 g/mol. The molecule has 0 unspecified atom stereocenters. The van der Waals surface area contributed by atoms with E-state index in [9.17, 15) is 32.3 Å². The predicted molar refractivity (Wildman–Crippen MR) is 159 cm³/mol. The molecule has 3 N–H and O–H groups in total. The Morgan fingerprint density at radius 2 is 1.84 bits per heavy atom. The van der Waals surface area contributed by atoms with E-state index in [0.29, 0.717) is 41.5 Å². The van der Waals surface area contributed by atoms with Crippen molar-refractivity contribution >= 4 is 52.0 Å². The van der Waals surface area contributed by atoms with Crippen molar-refractivity contribution in [3.05, 3.63) is 56.4 Å². The zero-order chi connectivity index (χ0) is 31.9. The monoisotopic (exact) mass is 727 g/mol. The fraction of sp³-hybridized carbons (Fsp3) is 0.429. The van der Waals surface area contributed by atoms with Gasteiger partial charge < -0.3 is 20.7 Å². The average Bonchev–Trinajstić information content (AvgIpc) is 3.55. The summed E-state index contributed by atoms with van der Waals surface area (Å²) < 4.78 is 49.7. The molecule has 16 heteroatoms. The number of Topliss-reactive ketones (excluding diaryl/α,β-unsaturated/α-hetero) is 1. The van der Waals surface area contributed by atoms with E-state index in [0.717, 1.165) is 4.68 Å². The van der Waals surface area contributed by atoms with E-state index >= 15 is 0 Å². The summed E-state index contributed by atoms with van der Waals surface area (Å²) in [7, 11) is 3.17. The van der Waals surface area contributed by atoms with Crippen LogP contribution >= 0.6 is 22.6 Å². The van der Waals surface area contributed by atoms with E-state index in [2.05, 4.69) is 15.4 Å². The van der Waals surface area contributed by atoms with Crippen molar-refractivity contribution in [3.8, 4) is 5.69 Å². The summed E-state index contributed by atoms with van der Waals surface area (Å²) in [5.74, 6) is -1.96. The summed E-state index contributed by atoms with van der Waals surface area (Å²) >= 11 is 1.87. The van der Waals surface area contributed by atoms with Gasteiger partial charge in [-0.05, 0) is 79.3 Å². The third-order valence-corrected chi connectivity index (χ3v) is 8.69. The molecule has 2 aliphatic rings. The standard InChI is InChI=1S/C28H29F3IN7O5/c1-37(2)27(43)38-13-34-22(24(38)32)26(42)44-16-9-6-14(7-10-16)35-18-12-15(8-11-17(18)25(33)41)39-19-4-3-5-20(40)21(19)23(36-39)28(29,30)31/h8,11-14,16,35H,3-7,9-10H2,1-2H3,(H2,33,41). The van der Waals surface area contributed by atoms with Crippen LogP contribution in [0.3, 0.4) is 0 Å². The molecule has 0 aliphatic heterocycles. The first-order chi connectivity index (χ1) is 20.8. The van der Waals surface area contributed by atoms with Gasteiger partial charge in [-0.1, -0.05) is 0 Å². The predicted octanol–water partition coefficient (Wildman–Crippen LogP) is 4.42. The van der Waals surface area contributed by atoms with Crippen molar-refractivity contribution in [2.75, 3.05) is 19.4 Å². The van der Waals surface area contributed by atoms with Crippen LogP contribution in [0.25, 0.3) is 5.69 Å². The Bertz CT molecular complexity index is 1640. The molecule has 0 atom stereocenters. The van der Waals surface area contributed by atoms with Crippen LogP contribution in [0.1, 0.15) is 81.1 Å². The maximum atomic E-state index is 13.8. The van der Waals surface area contributed by atoms with Gasteiger partial charge in [-0.3, -0.25) is 9.59 Å². The molecular formula is C28H29F3IN7O5. The summed E-state index contributed by atoms with van der Waals surface area (Å²) in [6.45, 7) is 0. The summed E-state index contributed by atoms with van der Waals surface area (Å²) in [6.07, 6.45) is -1.18. The van der Waals surface area contributed by atoms with Crippen LogP contribution in [0.2, 0.25) is 0 Å². The number of carbonyl (C=O) groups excluding carboxylic acids is 4. The maximum Gasteiger partial charge on any atom is 0.435 e. The summed E-state index contributed by atoms with van der Waals surface area (Å²) in [6, 6.07) is 3.86. The largest absolute Gasteiger partial charge is 0.458 e. The highest BCUT2D eigenvalue weighted by molar-refractivity contribution is 14.1. The van der Waals surface area contributed by atoms with E-state index in [1.54, 1.807) is 14.1 Å². The fourth-order valence-corrected chi connectivity index (χ4v) is 6.19. The number of anilines is 1. The minimum Gasteiger partial charge on any atom is -0.458 e. The molecule has 2 aromatic heterocycles. The molecule has 12 nitrogen and oxygen atoms in total. The fourth-order valence-electron chi connectivity index (χ4n) is 5.50. The van der Waals surface area contributed by atoms with E-state index in [4.69, 9.17) is 10.5 Å². The second-order valence-corrected chi connectivity index (χ2v) is 11.9. The molecule has 5 rings (SSSR count). The lowest BCUT2D eigenvalue weighted by Crippen LogP contribution is -2.32. The van der Waals surface area contributed by atoms with Crippen LogP contribution in [0.5, 0.6) is 0 Å². The van der Waals surface area contributed by atoms with Crippen molar-refractivity contribution in [1.29, 1.82) is 0 Å². The smallest absolute Gasteiger partial charge is 0.435 e. The lowest BCUT2D eigenvalue weighted by atomic mass is 9.92. The van der Waals surface area contributed by atoms with Gasteiger partial charge in [0, 0.05) is 32.2 Å². The minimum absolute atomic E-state index is 0.0196. The van der Waals surface area contributed by atoms with Crippen LogP contribution in [-0.4, -0.2) is 74.2 Å². The highest BCUT2D eigenvalue weighted by Gasteiger charge is 2.42. The van der Waals surface area contributed by atoms with Crippen molar-refractivity contribution < 1.29 is 37.1 Å². The number of halogens is 4. The zero-order valence-electron chi connectivity index (χ0n) is 23.8. The van der Waals surface area contributed by atoms with Gasteiger partial charge in [0.2, 0.25) is 0 Å². The molecule has 1 saturated carbocycles. The maximum absolute atomic E-state index is 13.8. The number of rotatable bonds is 6. The van der Waals surface area contributed by atoms with Crippen molar-refractivity contribution in [2.24, 2.45) is 5.73 Å². The number of alkyl halides is 3. The number of carbonyl (C=O) groups is 4. The molecule has 44 heavy (non-hydrogen) atoms. The molecule has 0 spiro atoms. The Balaban J connectivity index is 1.30. The normalized spacial score (nSPS) is 18.5. The number of ketones is 1. The van der Waals surface area contributed by atoms with Gasteiger partial charge in [0.1, 0.15) is 16.1 Å². The number of esters is 1. The van der Waals surface area contributed by atoms with Gasteiger partial charge in [0.05, 0.1) is 22.5 Å². The van der Waals surface area contributed by atoms with E-state index in [1.807, 2.05) is 22.6 Å². The summed E-state index contributed by atoms with van der Waals surface area (Å²) in [5.41, 5.74) is 4.91. The van der Waals surface area contributed by atoms with Crippen molar-refractivity contribution in [2.45, 2.75) is 63.3 Å². The molecule has 0 radical (unpaired) electrons. The highest BCUT2D eigenvalue weighted by atomic mass is 127. The molecule has 2 amide bonds. The second-order valence-electron chi connectivity index (χ2n) is 10.9. The van der Waals surface area contributed by atoms with E-state index in [-0.39, 0.29) is 47.6 Å². The molecule has 2 aliphatic carbocycles. The number of nitrogens with zero attached hydrogens (tertiary/aromatic N) is 5. The number of benzene rings is 1. The number of fused-ring (bicyclic) bond motifs is 1. The number of nitrogens with one attached hydrogen (secondary N) is 1. The first-order valence-corrected chi connectivity index (χ1v) is 14.9. The molecule has 0 saturated heterocycles. The van der Waals surface area contributed by atoms with Gasteiger partial charge in [-0.2, -0.15) is 18.3 Å². The molecule has 1 fully saturated rings. The number of amides is 2. The third-order valence-electron chi connectivity index (χ3n) is 7.66. The Kier molecular flexibility index (Phi) is 8.73. The number of imidazole rings is 1. The third kappa shape index (κ3) is 6.16. The van der Waals surface area contributed by atoms with Gasteiger partial charge in [-0.15, -0.1) is 0 Å². The van der Waals surface area contributed by atoms with E-state index in [1.165, 1.54) is 34.0 Å². The van der Waals surface area contributed by atoms with E-state index < -0.39 is 41.2 Å². The Morgan fingerprint density at radius 3 is 2.48 bits per heavy atom. The van der Waals surface area contributed by atoms with Crippen molar-refractivity contribution in [1.82, 2.24) is 24.2 Å². The van der Waals surface area contributed by atoms with Crippen LogP contribution in [-0.2, 0) is 17.3 Å². The molecule has 0 bridgehead atoms. The van der Waals surface area contributed by atoms with Gasteiger partial charge in [-0.25, -0.2) is 23.8 Å². The summed E-state index contributed by atoms with van der Waals surface area (Å²) in [4.78, 5) is 55.1. The number of aromatic nitrogens is 4. The Morgan fingerprint density at radius 1 is 1.14 bits per heavy atom. The molecule has 1 aromatic carbocycles. The zero-order valence-corrected chi connectivity index (χ0v) is 25.9. The number of primary amides is 1. The Labute approximate surface area is 263 Å². The topological polar surface area (TPSA) is 154 Å². The first kappa shape index (κ1) is 31.5. The van der Waals surface area contributed by atoms with Crippen molar-refractivity contribution in [3.63, 3.8) is 0 Å². The second kappa shape index (κ2) is 12.2. The number of hydrogen-bond donors (Lipinski definition) is 2. The van der Waals surface area contributed by atoms with Gasteiger partial charge in [0.15, 0.2) is 17.2 Å². The molecule has 2 heterocycles. The molecule has 234 valence electrons. The lowest BCUT2D eigenvalue weighted by Gasteiger charge is -2.30. The first-order valence-electron chi connectivity index (χ1n) is 13.8. The number of ether oxygens (including phenoxy) is 1. The van der Waals surface area contributed by atoms with Crippen LogP contribution < -0.4 is 11.1 Å². The SMILES string of the molecule is CN(C)C(=O)n1cnc(C(=O)OC2CCC(Nc3cc(-n4nc(C(F)(F)F)c5c4CCCC5=O)ccc3C(N)=O)CC2)c1I. The highest BCUT2D eigenvalue weighted by Crippen LogP contribution is 2.37. The van der Waals surface area contributed by atoms with Crippen LogP contribution in [0, 0.1) is 3.70 Å². The molecule has 3 aromatic rings. The number of hydrogen-bond acceptors (Lipinski definition) is 8.